The maximum absolute atomic E-state index is 13.2. The summed E-state index contributed by atoms with van der Waals surface area (Å²) in [6, 6.07) is 15.2. The summed E-state index contributed by atoms with van der Waals surface area (Å²) < 4.78 is 8.41. The number of methoxy groups -OCH3 is 1. The number of pyridine rings is 2. The number of nitrogens with one attached hydrogen (secondary N) is 2. The van der Waals surface area contributed by atoms with Crippen LogP contribution in [0.3, 0.4) is 0 Å². The summed E-state index contributed by atoms with van der Waals surface area (Å²) in [6.45, 7) is 1.76. The minimum atomic E-state index is -0.461. The highest BCUT2D eigenvalue weighted by Gasteiger charge is 2.45. The molecule has 5 aromatic rings. The number of likely N-dealkylation sites (tertiary alicyclic amines) is 1. The van der Waals surface area contributed by atoms with Crippen LogP contribution >= 0.6 is 23.2 Å². The van der Waals surface area contributed by atoms with Crippen molar-refractivity contribution in [1.29, 1.82) is 0 Å². The fraction of sp³-hybridized carbons (Fsp3) is 0.342. The van der Waals surface area contributed by atoms with Gasteiger partial charge in [0.25, 0.3) is 5.56 Å². The van der Waals surface area contributed by atoms with Crippen LogP contribution in [0.15, 0.2) is 64.3 Å². The largest absolute Gasteiger partial charge is 0.481 e. The second kappa shape index (κ2) is 12.8. The van der Waals surface area contributed by atoms with Gasteiger partial charge in [-0.1, -0.05) is 53.5 Å². The first-order valence-electron chi connectivity index (χ1n) is 17.1. The number of aryl methyl sites for hydroxylation is 2. The van der Waals surface area contributed by atoms with Crippen LogP contribution in [0.2, 0.25) is 10.0 Å². The molecule has 1 amide bonds. The van der Waals surface area contributed by atoms with Gasteiger partial charge in [0.2, 0.25) is 11.8 Å². The van der Waals surface area contributed by atoms with E-state index in [2.05, 4.69) is 26.6 Å². The minimum Gasteiger partial charge on any atom is -0.481 e. The Bertz CT molecular complexity index is 2370. The van der Waals surface area contributed by atoms with Crippen LogP contribution in [0.25, 0.3) is 33.3 Å². The molecule has 0 saturated carbocycles. The molecule has 2 unspecified atom stereocenters. The Labute approximate surface area is 304 Å². The van der Waals surface area contributed by atoms with E-state index >= 15 is 0 Å². The molecule has 51 heavy (non-hydrogen) atoms. The van der Waals surface area contributed by atoms with E-state index in [0.717, 1.165) is 60.9 Å². The van der Waals surface area contributed by atoms with E-state index in [0.29, 0.717) is 50.4 Å². The number of hydrogen-bond acceptors (Lipinski definition) is 8. The number of amides is 1. The van der Waals surface area contributed by atoms with Crippen molar-refractivity contribution in [3.63, 3.8) is 0 Å². The molecule has 11 nitrogen and oxygen atoms in total. The minimum absolute atomic E-state index is 0.136. The van der Waals surface area contributed by atoms with Gasteiger partial charge in [-0.25, -0.2) is 14.8 Å². The number of hydrogen-bond donors (Lipinski definition) is 2. The smallest absolute Gasteiger partial charge is 0.330 e. The van der Waals surface area contributed by atoms with E-state index in [1.807, 2.05) is 30.3 Å². The molecular formula is C38H37Cl2N7O4. The van der Waals surface area contributed by atoms with Crippen LogP contribution in [0.4, 0.5) is 11.5 Å². The highest BCUT2D eigenvalue weighted by molar-refractivity contribution is 6.39. The first-order chi connectivity index (χ1) is 24.6. The van der Waals surface area contributed by atoms with Gasteiger partial charge in [0.05, 0.1) is 39.6 Å². The lowest BCUT2D eigenvalue weighted by atomic mass is 9.88. The molecule has 0 bridgehead atoms. The lowest BCUT2D eigenvalue weighted by molar-refractivity contribution is -0.125. The van der Waals surface area contributed by atoms with E-state index in [1.165, 1.54) is 17.2 Å². The molecule has 2 fully saturated rings. The van der Waals surface area contributed by atoms with Gasteiger partial charge in [-0.2, -0.15) is 0 Å². The summed E-state index contributed by atoms with van der Waals surface area (Å²) in [5, 5.41) is 7.68. The predicted molar refractivity (Wildman–Crippen MR) is 199 cm³/mol. The van der Waals surface area contributed by atoms with Crippen LogP contribution < -0.4 is 26.6 Å². The van der Waals surface area contributed by atoms with Crippen LogP contribution in [-0.2, 0) is 25.3 Å². The number of benzene rings is 2. The quantitative estimate of drug-likeness (QED) is 0.214. The van der Waals surface area contributed by atoms with Crippen molar-refractivity contribution in [2.45, 2.75) is 50.1 Å². The number of anilines is 2. The molecule has 0 radical (unpaired) electrons. The topological polar surface area (TPSA) is 123 Å². The lowest BCUT2D eigenvalue weighted by Gasteiger charge is -2.35. The number of nitrogens with zero attached hydrogens (tertiary/aromatic N) is 5. The van der Waals surface area contributed by atoms with Gasteiger partial charge >= 0.3 is 5.69 Å². The van der Waals surface area contributed by atoms with E-state index in [-0.39, 0.29) is 28.7 Å². The number of aromatic nitrogens is 4. The Hall–Kier alpha value is -4.71. The highest BCUT2D eigenvalue weighted by Crippen LogP contribution is 2.47. The van der Waals surface area contributed by atoms with Gasteiger partial charge in [-0.05, 0) is 55.9 Å². The Morgan fingerprint density at radius 1 is 0.961 bits per heavy atom. The number of ether oxygens (including phenoxy) is 1. The third kappa shape index (κ3) is 5.58. The Kier molecular flexibility index (Phi) is 8.40. The summed E-state index contributed by atoms with van der Waals surface area (Å²) in [7, 11) is 4.71. The molecule has 262 valence electrons. The number of carbonyl (C=O) groups is 1. The maximum Gasteiger partial charge on any atom is 0.330 e. The molecule has 2 N–H and O–H groups in total. The standard InChI is InChI=1S/C38H37Cl2N7O4/c1-45-27-14-17-41-34(31(27)36(49)46(2)37(45)50)42-25-10-5-8-23(33(25)40)22-7-4-9-24(32(22)39)26-19-21-12-13-28(30(21)35(43-26)51-3)47-18-16-38(20-47)15-6-11-29(48)44-38/h4-5,7-10,14,17,19,28H,6,11-13,15-16,18,20H2,1-3H3,(H,41,42)(H,44,48). The Morgan fingerprint density at radius 3 is 2.51 bits per heavy atom. The second-order valence-corrected chi connectivity index (χ2v) is 14.5. The number of fused-ring (bicyclic) bond motifs is 2. The number of carbonyl (C=O) groups excluding carboxylic acids is 1. The first-order valence-corrected chi connectivity index (χ1v) is 17.9. The highest BCUT2D eigenvalue weighted by atomic mass is 35.5. The van der Waals surface area contributed by atoms with Gasteiger partial charge < -0.3 is 15.4 Å². The Morgan fingerprint density at radius 2 is 1.73 bits per heavy atom. The third-order valence-corrected chi connectivity index (χ3v) is 11.6. The van der Waals surface area contributed by atoms with Crippen molar-refractivity contribution in [1.82, 2.24) is 29.3 Å². The summed E-state index contributed by atoms with van der Waals surface area (Å²) in [4.78, 5) is 49.9. The van der Waals surface area contributed by atoms with Crippen LogP contribution in [0, 0.1) is 0 Å². The SMILES string of the molecule is COc1nc(-c2cccc(-c3cccc(Nc4nccc5c4c(=O)n(C)c(=O)n5C)c3Cl)c2Cl)cc2c1C(N1CCC3(CCCC(=O)N3)C1)CC2. The lowest BCUT2D eigenvalue weighted by Crippen LogP contribution is -2.53. The van der Waals surface area contributed by atoms with E-state index in [4.69, 9.17) is 32.9 Å². The van der Waals surface area contributed by atoms with E-state index in [9.17, 15) is 14.4 Å². The van der Waals surface area contributed by atoms with E-state index in [1.54, 1.807) is 32.5 Å². The molecule has 8 rings (SSSR count). The molecule has 13 heteroatoms. The van der Waals surface area contributed by atoms with Gasteiger partial charge in [0.1, 0.15) is 11.2 Å². The predicted octanol–water partition coefficient (Wildman–Crippen LogP) is 6.15. The van der Waals surface area contributed by atoms with Crippen molar-refractivity contribution >= 4 is 51.5 Å². The molecule has 3 aliphatic rings. The zero-order chi connectivity index (χ0) is 35.6. The van der Waals surface area contributed by atoms with Crippen molar-refractivity contribution in [2.75, 3.05) is 25.5 Å². The van der Waals surface area contributed by atoms with Gasteiger partial charge in [-0.15, -0.1) is 0 Å². The van der Waals surface area contributed by atoms with Gasteiger partial charge in [0.15, 0.2) is 0 Å². The average Bonchev–Trinajstić information content (AvgIpc) is 3.74. The Balaban J connectivity index is 1.12. The summed E-state index contributed by atoms with van der Waals surface area (Å²) >= 11 is 14.2. The van der Waals surface area contributed by atoms with Gasteiger partial charge in [0, 0.05) is 68.1 Å². The fourth-order valence-electron chi connectivity index (χ4n) is 8.25. The molecule has 3 aromatic heterocycles. The van der Waals surface area contributed by atoms with Gasteiger partial charge in [-0.3, -0.25) is 23.6 Å². The third-order valence-electron chi connectivity index (χ3n) is 10.8. The molecule has 1 spiro atoms. The van der Waals surface area contributed by atoms with Crippen molar-refractivity contribution in [3.8, 4) is 28.3 Å². The number of piperidine rings is 1. The zero-order valence-electron chi connectivity index (χ0n) is 28.6. The zero-order valence-corrected chi connectivity index (χ0v) is 30.1. The summed E-state index contributed by atoms with van der Waals surface area (Å²) in [5.41, 5.74) is 5.11. The molecule has 2 saturated heterocycles. The number of halogens is 2. The second-order valence-electron chi connectivity index (χ2n) is 13.8. The molecule has 2 aromatic carbocycles. The first kappa shape index (κ1) is 33.4. The monoisotopic (exact) mass is 725 g/mol. The van der Waals surface area contributed by atoms with E-state index < -0.39 is 11.2 Å². The fourth-order valence-corrected chi connectivity index (χ4v) is 8.85. The maximum atomic E-state index is 13.2. The summed E-state index contributed by atoms with van der Waals surface area (Å²) in [6.07, 6.45) is 6.91. The average molecular weight is 727 g/mol. The number of rotatable bonds is 6. The molecule has 2 aliphatic heterocycles. The molecule has 5 heterocycles. The van der Waals surface area contributed by atoms with Crippen LogP contribution in [-0.4, -0.2) is 55.6 Å². The molecular weight excluding hydrogens is 689 g/mol. The molecule has 2 atom stereocenters. The van der Waals surface area contributed by atoms with Crippen molar-refractivity contribution < 1.29 is 9.53 Å². The van der Waals surface area contributed by atoms with Crippen LogP contribution in [0.1, 0.15) is 49.3 Å². The summed E-state index contributed by atoms with van der Waals surface area (Å²) in [5.74, 6) is 1.03. The van der Waals surface area contributed by atoms with Crippen LogP contribution in [0.5, 0.6) is 5.88 Å². The van der Waals surface area contributed by atoms with Crippen molar-refractivity contribution in [3.05, 3.63) is 96.7 Å². The normalized spacial score (nSPS) is 20.2. The molecule has 1 aliphatic carbocycles. The van der Waals surface area contributed by atoms with Crippen molar-refractivity contribution in [2.24, 2.45) is 14.1 Å².